The lowest BCUT2D eigenvalue weighted by molar-refractivity contribution is 0.318. The van der Waals surface area contributed by atoms with E-state index in [4.69, 9.17) is 15.4 Å². The number of oxime groups is 1. The van der Waals surface area contributed by atoms with E-state index in [0.717, 1.165) is 11.6 Å². The molecule has 0 amide bonds. The molecule has 10 heteroatoms. The van der Waals surface area contributed by atoms with E-state index in [-0.39, 0.29) is 11.1 Å². The maximum absolute atomic E-state index is 14.4. The molecule has 1 atom stereocenters. The molecule has 2 aromatic heterocycles. The Hall–Kier alpha value is -4.34. The van der Waals surface area contributed by atoms with Crippen LogP contribution in [0.3, 0.4) is 0 Å². The van der Waals surface area contributed by atoms with Gasteiger partial charge >= 0.3 is 0 Å². The van der Waals surface area contributed by atoms with Gasteiger partial charge in [0.05, 0.1) is 22.6 Å². The molecule has 0 unspecified atom stereocenters. The van der Waals surface area contributed by atoms with Crippen LogP contribution in [-0.2, 0) is 0 Å². The highest BCUT2D eigenvalue weighted by Crippen LogP contribution is 2.33. The van der Waals surface area contributed by atoms with Crippen LogP contribution in [0.25, 0.3) is 22.3 Å². The molecule has 0 fully saturated rings. The molecule has 0 aliphatic heterocycles. The zero-order chi connectivity index (χ0) is 24.6. The van der Waals surface area contributed by atoms with Gasteiger partial charge in [0, 0.05) is 29.2 Å². The number of aromatic nitrogens is 2. The van der Waals surface area contributed by atoms with Crippen molar-refractivity contribution in [2.75, 3.05) is 5.32 Å². The largest absolute Gasteiger partial charge is 0.455 e. The van der Waals surface area contributed by atoms with Crippen molar-refractivity contribution in [2.45, 2.75) is 26.8 Å². The molecule has 34 heavy (non-hydrogen) atoms. The van der Waals surface area contributed by atoms with Crippen molar-refractivity contribution in [3.05, 3.63) is 87.1 Å². The van der Waals surface area contributed by atoms with Crippen molar-refractivity contribution >= 4 is 22.5 Å². The zero-order valence-electron chi connectivity index (χ0n) is 18.6. The Kier molecular flexibility index (Phi) is 5.97. The number of rotatable bonds is 5. The maximum Gasteiger partial charge on any atom is 0.196 e. The normalized spacial score (nSPS) is 12.7. The second-order valence-corrected chi connectivity index (χ2v) is 7.88. The number of amidine groups is 1. The van der Waals surface area contributed by atoms with Gasteiger partial charge in [-0.25, -0.2) is 18.7 Å². The summed E-state index contributed by atoms with van der Waals surface area (Å²) >= 11 is 0. The first-order chi connectivity index (χ1) is 16.2. The summed E-state index contributed by atoms with van der Waals surface area (Å²) in [4.78, 5) is 21.2. The molecule has 0 spiro atoms. The van der Waals surface area contributed by atoms with E-state index in [1.807, 2.05) is 13.0 Å². The summed E-state index contributed by atoms with van der Waals surface area (Å²) in [7, 11) is 0. The van der Waals surface area contributed by atoms with Gasteiger partial charge in [0.1, 0.15) is 17.7 Å². The standard InChI is InChI=1S/C24H21F2N5O3/c1-11-6-15(13(3)30-18-5-4-17(25)20(26)19(18)24(27)31-33)23-16(7-11)21(32)12(2)22(34-23)14-8-28-10-29-9-14/h4-10,13,30,33H,1-3H3,(H2,27,31)/t13-/m1/s1. The quantitative estimate of drug-likeness (QED) is 0.172. The summed E-state index contributed by atoms with van der Waals surface area (Å²) in [6.45, 7) is 5.27. The van der Waals surface area contributed by atoms with Gasteiger partial charge in [0.25, 0.3) is 0 Å². The number of hydrogen-bond donors (Lipinski definition) is 3. The van der Waals surface area contributed by atoms with Gasteiger partial charge in [0.15, 0.2) is 22.9 Å². The SMILES string of the molecule is Cc1cc([C@@H](C)Nc2ccc(F)c(F)c2C(N)=NO)c2oc(-c3cncnc3)c(C)c(=O)c2c1. The Morgan fingerprint density at radius 2 is 1.91 bits per heavy atom. The lowest BCUT2D eigenvalue weighted by Gasteiger charge is -2.20. The molecular weight excluding hydrogens is 444 g/mol. The molecule has 4 rings (SSSR count). The van der Waals surface area contributed by atoms with E-state index in [2.05, 4.69) is 20.4 Å². The number of hydrogen-bond acceptors (Lipinski definition) is 7. The first kappa shape index (κ1) is 22.8. The lowest BCUT2D eigenvalue weighted by atomic mass is 9.99. The predicted molar refractivity (Wildman–Crippen MR) is 124 cm³/mol. The summed E-state index contributed by atoms with van der Waals surface area (Å²) < 4.78 is 34.5. The van der Waals surface area contributed by atoms with Crippen LogP contribution in [0, 0.1) is 25.5 Å². The fourth-order valence-electron chi connectivity index (χ4n) is 3.86. The fourth-order valence-corrected chi connectivity index (χ4v) is 3.86. The maximum atomic E-state index is 14.4. The molecule has 0 bridgehead atoms. The summed E-state index contributed by atoms with van der Waals surface area (Å²) in [5, 5.41) is 15.3. The Morgan fingerprint density at radius 1 is 1.21 bits per heavy atom. The van der Waals surface area contributed by atoms with Crippen molar-refractivity contribution in [3.63, 3.8) is 0 Å². The summed E-state index contributed by atoms with van der Waals surface area (Å²) in [6, 6.07) is 5.22. The smallest absolute Gasteiger partial charge is 0.196 e. The number of nitrogens with zero attached hydrogens (tertiary/aromatic N) is 3. The van der Waals surface area contributed by atoms with Gasteiger partial charge in [-0.2, -0.15) is 0 Å². The van der Waals surface area contributed by atoms with Gasteiger partial charge < -0.3 is 20.7 Å². The van der Waals surface area contributed by atoms with Gasteiger partial charge in [-0.1, -0.05) is 11.2 Å². The van der Waals surface area contributed by atoms with Crippen molar-refractivity contribution in [3.8, 4) is 11.3 Å². The minimum atomic E-state index is -1.25. The molecule has 2 heterocycles. The van der Waals surface area contributed by atoms with Crippen molar-refractivity contribution in [1.82, 2.24) is 9.97 Å². The van der Waals surface area contributed by atoms with Crippen LogP contribution in [0.15, 0.2) is 57.4 Å². The molecule has 0 aliphatic carbocycles. The molecule has 0 saturated heterocycles. The molecule has 0 saturated carbocycles. The Morgan fingerprint density at radius 3 is 2.59 bits per heavy atom. The van der Waals surface area contributed by atoms with E-state index < -0.39 is 29.1 Å². The topological polar surface area (TPSA) is 127 Å². The molecule has 174 valence electrons. The van der Waals surface area contributed by atoms with Crippen LogP contribution in [0.4, 0.5) is 14.5 Å². The third kappa shape index (κ3) is 3.94. The highest BCUT2D eigenvalue weighted by molar-refractivity contribution is 6.02. The van der Waals surface area contributed by atoms with Crippen LogP contribution in [0.2, 0.25) is 0 Å². The Labute approximate surface area is 192 Å². The predicted octanol–water partition coefficient (Wildman–Crippen LogP) is 4.41. The molecule has 2 aromatic carbocycles. The molecule has 0 radical (unpaired) electrons. The summed E-state index contributed by atoms with van der Waals surface area (Å²) in [6.07, 6.45) is 4.47. The number of aryl methyl sites for hydroxylation is 1. The minimum Gasteiger partial charge on any atom is -0.455 e. The van der Waals surface area contributed by atoms with Crippen LogP contribution >= 0.6 is 0 Å². The van der Waals surface area contributed by atoms with Crippen LogP contribution in [0.5, 0.6) is 0 Å². The highest BCUT2D eigenvalue weighted by atomic mass is 19.2. The van der Waals surface area contributed by atoms with E-state index in [1.165, 1.54) is 12.4 Å². The number of benzene rings is 2. The number of nitrogens with two attached hydrogens (primary N) is 1. The molecular formula is C24H21F2N5O3. The first-order valence-corrected chi connectivity index (χ1v) is 10.3. The highest BCUT2D eigenvalue weighted by Gasteiger charge is 2.22. The number of halogens is 2. The number of nitrogens with one attached hydrogen (secondary N) is 1. The van der Waals surface area contributed by atoms with Crippen molar-refractivity contribution < 1.29 is 18.4 Å². The van der Waals surface area contributed by atoms with Crippen LogP contribution in [0.1, 0.15) is 35.2 Å². The fraction of sp³-hybridized carbons (Fsp3) is 0.167. The van der Waals surface area contributed by atoms with Gasteiger partial charge in [-0.15, -0.1) is 0 Å². The van der Waals surface area contributed by atoms with E-state index in [1.54, 1.807) is 32.3 Å². The second kappa shape index (κ2) is 8.89. The van der Waals surface area contributed by atoms with E-state index in [0.29, 0.717) is 33.4 Å². The average molecular weight is 465 g/mol. The van der Waals surface area contributed by atoms with E-state index in [9.17, 15) is 13.6 Å². The second-order valence-electron chi connectivity index (χ2n) is 7.88. The molecule has 0 aliphatic rings. The third-order valence-electron chi connectivity index (χ3n) is 5.51. The van der Waals surface area contributed by atoms with Crippen molar-refractivity contribution in [2.24, 2.45) is 10.9 Å². The van der Waals surface area contributed by atoms with Crippen molar-refractivity contribution in [1.29, 1.82) is 0 Å². The molecule has 8 nitrogen and oxygen atoms in total. The van der Waals surface area contributed by atoms with Crippen LogP contribution in [-0.4, -0.2) is 21.0 Å². The number of fused-ring (bicyclic) bond motifs is 1. The Bertz CT molecular complexity index is 1490. The van der Waals surface area contributed by atoms with Gasteiger partial charge in [0.2, 0.25) is 0 Å². The first-order valence-electron chi connectivity index (χ1n) is 10.3. The third-order valence-corrected chi connectivity index (χ3v) is 5.51. The van der Waals surface area contributed by atoms with Crippen LogP contribution < -0.4 is 16.5 Å². The number of anilines is 1. The monoisotopic (exact) mass is 465 g/mol. The van der Waals surface area contributed by atoms with Gasteiger partial charge in [-0.05, 0) is 44.5 Å². The summed E-state index contributed by atoms with van der Waals surface area (Å²) in [5.74, 6) is -2.65. The molecule has 4 aromatic rings. The van der Waals surface area contributed by atoms with E-state index >= 15 is 0 Å². The van der Waals surface area contributed by atoms with Gasteiger partial charge in [-0.3, -0.25) is 4.79 Å². The Balaban J connectivity index is 1.90. The summed E-state index contributed by atoms with van der Waals surface area (Å²) in [5.41, 5.74) is 7.76. The lowest BCUT2D eigenvalue weighted by Crippen LogP contribution is -2.20. The average Bonchev–Trinajstić information content (AvgIpc) is 2.83. The molecule has 4 N–H and O–H groups in total. The zero-order valence-corrected chi connectivity index (χ0v) is 18.6. The minimum absolute atomic E-state index is 0.0995.